The van der Waals surface area contributed by atoms with E-state index in [-0.39, 0.29) is 47.5 Å². The van der Waals surface area contributed by atoms with E-state index in [0.29, 0.717) is 5.76 Å². The molecule has 30 heavy (non-hydrogen) atoms. The highest BCUT2D eigenvalue weighted by atomic mass is 19.1. The quantitative estimate of drug-likeness (QED) is 0.622. The summed E-state index contributed by atoms with van der Waals surface area (Å²) in [6, 6.07) is 9.44. The zero-order valence-electron chi connectivity index (χ0n) is 15.5. The number of furan rings is 1. The Labute approximate surface area is 169 Å². The third-order valence-electron chi connectivity index (χ3n) is 5.37. The molecular formula is C22H14F2N2O4. The lowest BCUT2D eigenvalue weighted by Gasteiger charge is -2.18. The molecule has 150 valence electrons. The lowest BCUT2D eigenvalue weighted by atomic mass is 10.0. The topological polar surface area (TPSA) is 70.8 Å². The van der Waals surface area contributed by atoms with Crippen molar-refractivity contribution in [3.63, 3.8) is 0 Å². The normalized spacial score (nSPS) is 15.0. The molecule has 2 aromatic carbocycles. The van der Waals surface area contributed by atoms with Crippen LogP contribution in [-0.2, 0) is 13.0 Å². The predicted molar refractivity (Wildman–Crippen MR) is 101 cm³/mol. The molecule has 1 aromatic heterocycles. The van der Waals surface area contributed by atoms with Gasteiger partial charge >= 0.3 is 0 Å². The summed E-state index contributed by atoms with van der Waals surface area (Å²) in [5, 5.41) is 0. The second-order valence-electron chi connectivity index (χ2n) is 7.13. The average Bonchev–Trinajstić information content (AvgIpc) is 3.44. The summed E-state index contributed by atoms with van der Waals surface area (Å²) in [6.45, 7) is 0.184. The number of carbonyl (C=O) groups excluding carboxylic acids is 3. The summed E-state index contributed by atoms with van der Waals surface area (Å²) in [5.74, 6) is -2.50. The molecular weight excluding hydrogens is 394 g/mol. The van der Waals surface area contributed by atoms with Crippen LogP contribution in [0.15, 0.2) is 53.1 Å². The van der Waals surface area contributed by atoms with E-state index < -0.39 is 29.4 Å². The maximum absolute atomic E-state index is 14.0. The van der Waals surface area contributed by atoms with Gasteiger partial charge in [-0.15, -0.1) is 0 Å². The summed E-state index contributed by atoms with van der Waals surface area (Å²) in [4.78, 5) is 40.7. The Morgan fingerprint density at radius 3 is 2.60 bits per heavy atom. The minimum atomic E-state index is -0.769. The van der Waals surface area contributed by atoms with E-state index in [1.165, 1.54) is 29.4 Å². The van der Waals surface area contributed by atoms with Gasteiger partial charge in [0.25, 0.3) is 17.7 Å². The van der Waals surface area contributed by atoms with Crippen LogP contribution < -0.4 is 4.90 Å². The van der Waals surface area contributed by atoms with Crippen LogP contribution >= 0.6 is 0 Å². The third kappa shape index (κ3) is 2.72. The largest absolute Gasteiger partial charge is 0.467 e. The fourth-order valence-corrected chi connectivity index (χ4v) is 3.91. The number of rotatable bonds is 3. The number of anilines is 1. The summed E-state index contributed by atoms with van der Waals surface area (Å²) in [6.07, 6.45) is 1.72. The molecule has 0 radical (unpaired) electrons. The van der Waals surface area contributed by atoms with Gasteiger partial charge in [0.05, 0.1) is 29.6 Å². The van der Waals surface area contributed by atoms with Gasteiger partial charge in [-0.2, -0.15) is 0 Å². The van der Waals surface area contributed by atoms with Gasteiger partial charge in [0.15, 0.2) is 0 Å². The van der Waals surface area contributed by atoms with Gasteiger partial charge in [0.2, 0.25) is 0 Å². The number of benzene rings is 2. The van der Waals surface area contributed by atoms with Crippen molar-refractivity contribution in [2.24, 2.45) is 0 Å². The van der Waals surface area contributed by atoms with E-state index >= 15 is 0 Å². The van der Waals surface area contributed by atoms with Crippen LogP contribution in [0.5, 0.6) is 0 Å². The van der Waals surface area contributed by atoms with Crippen molar-refractivity contribution in [1.82, 2.24) is 4.90 Å². The maximum atomic E-state index is 14.0. The highest BCUT2D eigenvalue weighted by Crippen LogP contribution is 2.33. The Kier molecular flexibility index (Phi) is 4.02. The monoisotopic (exact) mass is 408 g/mol. The van der Waals surface area contributed by atoms with Gasteiger partial charge in [0.1, 0.15) is 17.4 Å². The molecule has 5 rings (SSSR count). The lowest BCUT2D eigenvalue weighted by molar-refractivity contribution is 0.0631. The summed E-state index contributed by atoms with van der Waals surface area (Å²) in [7, 11) is 0. The molecule has 0 bridgehead atoms. The molecule has 0 fully saturated rings. The van der Waals surface area contributed by atoms with Gasteiger partial charge in [0, 0.05) is 23.7 Å². The first-order chi connectivity index (χ1) is 14.4. The van der Waals surface area contributed by atoms with Crippen LogP contribution in [0.1, 0.15) is 42.4 Å². The lowest BCUT2D eigenvalue weighted by Crippen LogP contribution is -2.29. The molecule has 3 heterocycles. The molecule has 3 amide bonds. The number of imide groups is 1. The maximum Gasteiger partial charge on any atom is 0.261 e. The van der Waals surface area contributed by atoms with Crippen molar-refractivity contribution in [2.75, 3.05) is 11.4 Å². The van der Waals surface area contributed by atoms with Crippen molar-refractivity contribution < 1.29 is 27.6 Å². The van der Waals surface area contributed by atoms with Crippen LogP contribution in [-0.4, -0.2) is 29.2 Å². The van der Waals surface area contributed by atoms with Crippen molar-refractivity contribution in [1.29, 1.82) is 0 Å². The zero-order valence-corrected chi connectivity index (χ0v) is 15.5. The van der Waals surface area contributed by atoms with E-state index in [2.05, 4.69) is 0 Å². The molecule has 0 aliphatic carbocycles. The molecule has 2 aliphatic rings. The van der Waals surface area contributed by atoms with Crippen molar-refractivity contribution in [2.45, 2.75) is 13.0 Å². The first-order valence-corrected chi connectivity index (χ1v) is 9.26. The van der Waals surface area contributed by atoms with Crippen LogP contribution in [0.25, 0.3) is 0 Å². The molecule has 3 aromatic rings. The number of hydrogen-bond donors (Lipinski definition) is 0. The SMILES string of the molecule is O=C1c2ccc(C(=O)N3CCc4c(F)cc(F)cc43)cc2C(=O)N1Cc1ccco1. The Hall–Kier alpha value is -3.81. The van der Waals surface area contributed by atoms with E-state index in [1.54, 1.807) is 12.1 Å². The van der Waals surface area contributed by atoms with Crippen LogP contribution in [0.3, 0.4) is 0 Å². The highest BCUT2D eigenvalue weighted by Gasteiger charge is 2.37. The second-order valence-corrected chi connectivity index (χ2v) is 7.13. The smallest absolute Gasteiger partial charge is 0.261 e. The van der Waals surface area contributed by atoms with Gasteiger partial charge in [-0.3, -0.25) is 19.3 Å². The molecule has 8 heteroatoms. The Balaban J connectivity index is 1.46. The van der Waals surface area contributed by atoms with E-state index in [0.717, 1.165) is 17.0 Å². The predicted octanol–water partition coefficient (Wildman–Crippen LogP) is 3.56. The number of carbonyl (C=O) groups is 3. The number of nitrogens with zero attached hydrogens (tertiary/aromatic N) is 2. The molecule has 0 saturated carbocycles. The van der Waals surface area contributed by atoms with E-state index in [4.69, 9.17) is 4.42 Å². The molecule has 0 saturated heterocycles. The average molecular weight is 408 g/mol. The van der Waals surface area contributed by atoms with Gasteiger partial charge in [-0.1, -0.05) is 0 Å². The van der Waals surface area contributed by atoms with Gasteiger partial charge < -0.3 is 9.32 Å². The fourth-order valence-electron chi connectivity index (χ4n) is 3.91. The molecule has 6 nitrogen and oxygen atoms in total. The van der Waals surface area contributed by atoms with Gasteiger partial charge in [-0.25, -0.2) is 8.78 Å². The number of halogens is 2. The third-order valence-corrected chi connectivity index (χ3v) is 5.37. The summed E-state index contributed by atoms with van der Waals surface area (Å²) < 4.78 is 32.9. The van der Waals surface area contributed by atoms with Crippen molar-refractivity contribution in [3.05, 3.63) is 88.4 Å². The first-order valence-electron chi connectivity index (χ1n) is 9.26. The molecule has 2 aliphatic heterocycles. The highest BCUT2D eigenvalue weighted by molar-refractivity contribution is 6.22. The Bertz CT molecular complexity index is 1220. The van der Waals surface area contributed by atoms with Crippen LogP contribution in [0.4, 0.5) is 14.5 Å². The van der Waals surface area contributed by atoms with Crippen molar-refractivity contribution >= 4 is 23.4 Å². The molecule has 0 unspecified atom stereocenters. The fraction of sp³-hybridized carbons (Fsp3) is 0.136. The summed E-state index contributed by atoms with van der Waals surface area (Å²) >= 11 is 0. The second kappa shape index (κ2) is 6.62. The first kappa shape index (κ1) is 18.2. The Morgan fingerprint density at radius 1 is 1.03 bits per heavy atom. The molecule has 0 N–H and O–H groups in total. The summed E-state index contributed by atoms with van der Waals surface area (Å²) in [5.41, 5.74) is 0.929. The zero-order chi connectivity index (χ0) is 21.0. The number of hydrogen-bond acceptors (Lipinski definition) is 4. The molecule has 0 spiro atoms. The minimum absolute atomic E-state index is 0.0132. The van der Waals surface area contributed by atoms with Crippen LogP contribution in [0.2, 0.25) is 0 Å². The van der Waals surface area contributed by atoms with E-state index in [1.807, 2.05) is 0 Å². The van der Waals surface area contributed by atoms with Gasteiger partial charge in [-0.05, 0) is 42.8 Å². The minimum Gasteiger partial charge on any atom is -0.467 e. The standard InChI is InChI=1S/C22H14F2N2O4/c23-13-9-18(24)16-5-6-25(19(16)10-13)20(27)12-3-4-15-17(8-12)22(29)26(21(15)28)11-14-2-1-7-30-14/h1-4,7-10H,5-6,11H2. The number of fused-ring (bicyclic) bond motifs is 2. The van der Waals surface area contributed by atoms with Crippen LogP contribution in [0, 0.1) is 11.6 Å². The number of amides is 3. The van der Waals surface area contributed by atoms with Crippen molar-refractivity contribution in [3.8, 4) is 0 Å². The van der Waals surface area contributed by atoms with E-state index in [9.17, 15) is 23.2 Å². The Morgan fingerprint density at radius 2 is 1.83 bits per heavy atom. The molecule has 0 atom stereocenters.